The Hall–Kier alpha value is -2.24. The summed E-state index contributed by atoms with van der Waals surface area (Å²) in [6.07, 6.45) is 0. The standard InChI is InChI=1S/C20H22Cl2N2O3/c1-13-4-8-17(9-5-13)27-12-19(25)24(14(2)20(26)23-3)11-15-6-7-16(21)10-18(15)22/h4-10,14H,11-12H2,1-3H3,(H,23,26). The summed E-state index contributed by atoms with van der Waals surface area (Å²) in [7, 11) is 1.53. The van der Waals surface area contributed by atoms with Crippen molar-refractivity contribution in [2.75, 3.05) is 13.7 Å². The minimum absolute atomic E-state index is 0.167. The maximum absolute atomic E-state index is 12.8. The van der Waals surface area contributed by atoms with E-state index >= 15 is 0 Å². The van der Waals surface area contributed by atoms with Crippen LogP contribution >= 0.6 is 23.2 Å². The van der Waals surface area contributed by atoms with Crippen molar-refractivity contribution in [3.8, 4) is 5.75 Å². The van der Waals surface area contributed by atoms with Gasteiger partial charge in [-0.05, 0) is 43.7 Å². The summed E-state index contributed by atoms with van der Waals surface area (Å²) in [6, 6.07) is 11.7. The van der Waals surface area contributed by atoms with E-state index in [9.17, 15) is 9.59 Å². The number of halogens is 2. The van der Waals surface area contributed by atoms with Crippen molar-refractivity contribution in [3.05, 3.63) is 63.6 Å². The molecule has 1 atom stereocenters. The van der Waals surface area contributed by atoms with Gasteiger partial charge in [-0.25, -0.2) is 0 Å². The minimum atomic E-state index is -0.684. The van der Waals surface area contributed by atoms with E-state index in [1.54, 1.807) is 37.3 Å². The highest BCUT2D eigenvalue weighted by Gasteiger charge is 2.26. The van der Waals surface area contributed by atoms with E-state index in [0.717, 1.165) is 5.56 Å². The second kappa shape index (κ2) is 9.62. The van der Waals surface area contributed by atoms with Gasteiger partial charge in [0.25, 0.3) is 5.91 Å². The number of hydrogen-bond acceptors (Lipinski definition) is 3. The van der Waals surface area contributed by atoms with E-state index in [1.807, 2.05) is 19.1 Å². The maximum Gasteiger partial charge on any atom is 0.261 e. The zero-order valence-electron chi connectivity index (χ0n) is 15.5. The van der Waals surface area contributed by atoms with Crippen LogP contribution in [-0.4, -0.2) is 36.4 Å². The van der Waals surface area contributed by atoms with Crippen LogP contribution in [0.25, 0.3) is 0 Å². The smallest absolute Gasteiger partial charge is 0.261 e. The Bertz CT molecular complexity index is 809. The summed E-state index contributed by atoms with van der Waals surface area (Å²) in [6.45, 7) is 3.61. The van der Waals surface area contributed by atoms with E-state index in [-0.39, 0.29) is 25.0 Å². The third kappa shape index (κ3) is 5.88. The molecular formula is C20H22Cl2N2O3. The number of carbonyl (C=O) groups is 2. The van der Waals surface area contributed by atoms with Crippen LogP contribution in [0.1, 0.15) is 18.1 Å². The molecule has 1 unspecified atom stereocenters. The lowest BCUT2D eigenvalue weighted by Crippen LogP contribution is -2.48. The van der Waals surface area contributed by atoms with Crippen LogP contribution in [0.5, 0.6) is 5.75 Å². The van der Waals surface area contributed by atoms with Crippen molar-refractivity contribution >= 4 is 35.0 Å². The van der Waals surface area contributed by atoms with Crippen molar-refractivity contribution in [1.82, 2.24) is 10.2 Å². The number of aryl methyl sites for hydroxylation is 1. The third-order valence-electron chi connectivity index (χ3n) is 4.15. The first-order chi connectivity index (χ1) is 12.8. The normalized spacial score (nSPS) is 11.6. The topological polar surface area (TPSA) is 58.6 Å². The highest BCUT2D eigenvalue weighted by molar-refractivity contribution is 6.35. The van der Waals surface area contributed by atoms with Crippen LogP contribution < -0.4 is 10.1 Å². The number of amides is 2. The second-order valence-corrected chi connectivity index (χ2v) is 6.99. The molecule has 2 aromatic rings. The monoisotopic (exact) mass is 408 g/mol. The Morgan fingerprint density at radius 1 is 1.15 bits per heavy atom. The van der Waals surface area contributed by atoms with E-state index in [1.165, 1.54) is 11.9 Å². The summed E-state index contributed by atoms with van der Waals surface area (Å²) >= 11 is 12.2. The predicted octanol–water partition coefficient (Wildman–Crippen LogP) is 3.84. The van der Waals surface area contributed by atoms with Gasteiger partial charge in [-0.2, -0.15) is 0 Å². The van der Waals surface area contributed by atoms with Gasteiger partial charge < -0.3 is 15.0 Å². The molecule has 0 spiro atoms. The van der Waals surface area contributed by atoms with Gasteiger partial charge in [0.05, 0.1) is 0 Å². The van der Waals surface area contributed by atoms with Gasteiger partial charge in [-0.15, -0.1) is 0 Å². The minimum Gasteiger partial charge on any atom is -0.484 e. The van der Waals surface area contributed by atoms with Gasteiger partial charge in [0.15, 0.2) is 6.61 Å². The number of hydrogen-bond donors (Lipinski definition) is 1. The third-order valence-corrected chi connectivity index (χ3v) is 4.74. The molecule has 0 saturated carbocycles. The Balaban J connectivity index is 2.16. The quantitative estimate of drug-likeness (QED) is 0.756. The molecule has 0 aliphatic heterocycles. The molecule has 0 aromatic heterocycles. The number of likely N-dealkylation sites (N-methyl/N-ethyl adjacent to an activating group) is 1. The van der Waals surface area contributed by atoms with E-state index in [4.69, 9.17) is 27.9 Å². The maximum atomic E-state index is 12.8. The SMILES string of the molecule is CNC(=O)C(C)N(Cc1ccc(Cl)cc1Cl)C(=O)COc1ccc(C)cc1. The van der Waals surface area contributed by atoms with Gasteiger partial charge in [0, 0.05) is 23.6 Å². The Kier molecular flexibility index (Phi) is 7.51. The Morgan fingerprint density at radius 3 is 2.41 bits per heavy atom. The molecule has 0 aliphatic carbocycles. The molecule has 5 nitrogen and oxygen atoms in total. The van der Waals surface area contributed by atoms with Gasteiger partial charge in [-0.3, -0.25) is 9.59 Å². The fourth-order valence-corrected chi connectivity index (χ4v) is 2.96. The molecule has 27 heavy (non-hydrogen) atoms. The zero-order valence-corrected chi connectivity index (χ0v) is 17.0. The number of ether oxygens (including phenoxy) is 1. The molecule has 1 N–H and O–H groups in total. The summed E-state index contributed by atoms with van der Waals surface area (Å²) in [5, 5.41) is 3.50. The number of carbonyl (C=O) groups excluding carboxylic acids is 2. The molecule has 0 radical (unpaired) electrons. The molecule has 0 fully saturated rings. The van der Waals surface area contributed by atoms with E-state index in [0.29, 0.717) is 21.4 Å². The summed E-state index contributed by atoms with van der Waals surface area (Å²) < 4.78 is 5.58. The summed E-state index contributed by atoms with van der Waals surface area (Å²) in [5.74, 6) is -0.00696. The highest BCUT2D eigenvalue weighted by atomic mass is 35.5. The second-order valence-electron chi connectivity index (χ2n) is 6.15. The fraction of sp³-hybridized carbons (Fsp3) is 0.300. The van der Waals surface area contributed by atoms with Crippen LogP contribution in [0.4, 0.5) is 0 Å². The summed E-state index contributed by atoms with van der Waals surface area (Å²) in [4.78, 5) is 26.3. The molecular weight excluding hydrogens is 387 g/mol. The van der Waals surface area contributed by atoms with Crippen molar-refractivity contribution in [2.45, 2.75) is 26.4 Å². The van der Waals surface area contributed by atoms with Crippen LogP contribution in [0.2, 0.25) is 10.0 Å². The molecule has 2 aromatic carbocycles. The molecule has 0 saturated heterocycles. The lowest BCUT2D eigenvalue weighted by molar-refractivity contribution is -0.142. The Labute approximate surface area is 169 Å². The largest absolute Gasteiger partial charge is 0.484 e. The zero-order chi connectivity index (χ0) is 20.0. The molecule has 7 heteroatoms. The Morgan fingerprint density at radius 2 is 1.81 bits per heavy atom. The summed E-state index contributed by atoms with van der Waals surface area (Å²) in [5.41, 5.74) is 1.79. The van der Waals surface area contributed by atoms with Gasteiger partial charge >= 0.3 is 0 Å². The first kappa shape index (κ1) is 21.1. The van der Waals surface area contributed by atoms with Crippen LogP contribution in [0.3, 0.4) is 0 Å². The van der Waals surface area contributed by atoms with Crippen LogP contribution in [-0.2, 0) is 16.1 Å². The molecule has 0 aliphatic rings. The van der Waals surface area contributed by atoms with Gasteiger partial charge in [0.2, 0.25) is 5.91 Å². The van der Waals surface area contributed by atoms with Crippen LogP contribution in [0.15, 0.2) is 42.5 Å². The molecule has 0 heterocycles. The van der Waals surface area contributed by atoms with E-state index < -0.39 is 6.04 Å². The van der Waals surface area contributed by atoms with Crippen molar-refractivity contribution in [3.63, 3.8) is 0 Å². The highest BCUT2D eigenvalue weighted by Crippen LogP contribution is 2.23. The van der Waals surface area contributed by atoms with Gasteiger partial charge in [0.1, 0.15) is 11.8 Å². The molecule has 2 rings (SSSR count). The first-order valence-electron chi connectivity index (χ1n) is 8.46. The molecule has 0 bridgehead atoms. The first-order valence-corrected chi connectivity index (χ1v) is 9.22. The molecule has 2 amide bonds. The van der Waals surface area contributed by atoms with E-state index in [2.05, 4.69) is 5.32 Å². The van der Waals surface area contributed by atoms with Crippen molar-refractivity contribution in [1.29, 1.82) is 0 Å². The average molecular weight is 409 g/mol. The van der Waals surface area contributed by atoms with Crippen LogP contribution in [0, 0.1) is 6.92 Å². The molecule has 144 valence electrons. The van der Waals surface area contributed by atoms with Gasteiger partial charge in [-0.1, -0.05) is 47.0 Å². The number of rotatable bonds is 7. The average Bonchev–Trinajstić information content (AvgIpc) is 2.65. The lowest BCUT2D eigenvalue weighted by Gasteiger charge is -2.28. The van der Waals surface area contributed by atoms with Crippen molar-refractivity contribution in [2.24, 2.45) is 0 Å². The number of nitrogens with one attached hydrogen (secondary N) is 1. The lowest BCUT2D eigenvalue weighted by atomic mass is 10.1. The predicted molar refractivity (Wildman–Crippen MR) is 107 cm³/mol. The number of benzene rings is 2. The fourth-order valence-electron chi connectivity index (χ4n) is 2.49. The number of nitrogens with zero attached hydrogens (tertiary/aromatic N) is 1. The van der Waals surface area contributed by atoms with Crippen molar-refractivity contribution < 1.29 is 14.3 Å².